The standard InChI is InChI=1S/C15H16BrFN2O3/c1-8-12(14(20)22-4)13(19(3)15(21)18(8)2)10-7-9(16)5-6-11(10)17/h5-7,13H,1-4H3/t13-/m0/s1. The Balaban J connectivity index is 2.71. The fraction of sp³-hybridized carbons (Fsp3) is 0.333. The van der Waals surface area contributed by atoms with Crippen LogP contribution in [0.5, 0.6) is 0 Å². The third-order valence-corrected chi connectivity index (χ3v) is 4.29. The van der Waals surface area contributed by atoms with Gasteiger partial charge >= 0.3 is 12.0 Å². The average Bonchev–Trinajstić information content (AvgIpc) is 2.50. The van der Waals surface area contributed by atoms with Crippen LogP contribution in [0.3, 0.4) is 0 Å². The summed E-state index contributed by atoms with van der Waals surface area (Å²) < 4.78 is 19.7. The van der Waals surface area contributed by atoms with Gasteiger partial charge in [0.1, 0.15) is 5.82 Å². The second-order valence-electron chi connectivity index (χ2n) is 5.01. The van der Waals surface area contributed by atoms with E-state index >= 15 is 0 Å². The minimum absolute atomic E-state index is 0.234. The molecule has 0 N–H and O–H groups in total. The van der Waals surface area contributed by atoms with Gasteiger partial charge < -0.3 is 14.5 Å². The van der Waals surface area contributed by atoms with E-state index in [-0.39, 0.29) is 17.2 Å². The molecule has 22 heavy (non-hydrogen) atoms. The summed E-state index contributed by atoms with van der Waals surface area (Å²) in [4.78, 5) is 27.1. The Bertz CT molecular complexity index is 675. The molecule has 1 aromatic carbocycles. The Morgan fingerprint density at radius 3 is 2.59 bits per heavy atom. The first kappa shape index (κ1) is 16.5. The normalized spacial score (nSPS) is 18.8. The highest BCUT2D eigenvalue weighted by molar-refractivity contribution is 9.10. The first-order valence-corrected chi connectivity index (χ1v) is 7.33. The minimum Gasteiger partial charge on any atom is -0.466 e. The molecule has 1 atom stereocenters. The van der Waals surface area contributed by atoms with E-state index in [1.807, 2.05) is 0 Å². The topological polar surface area (TPSA) is 49.9 Å². The molecule has 0 bridgehead atoms. The van der Waals surface area contributed by atoms with Crippen molar-refractivity contribution in [2.75, 3.05) is 21.2 Å². The summed E-state index contributed by atoms with van der Waals surface area (Å²) in [5.41, 5.74) is 0.918. The molecule has 7 heteroatoms. The molecule has 0 radical (unpaired) electrons. The molecule has 0 aliphatic carbocycles. The zero-order valence-electron chi connectivity index (χ0n) is 12.7. The second-order valence-corrected chi connectivity index (χ2v) is 5.93. The number of halogens is 2. The van der Waals surface area contributed by atoms with E-state index in [0.717, 1.165) is 0 Å². The van der Waals surface area contributed by atoms with Gasteiger partial charge in [-0.25, -0.2) is 14.0 Å². The molecule has 0 unspecified atom stereocenters. The molecular weight excluding hydrogens is 355 g/mol. The maximum Gasteiger partial charge on any atom is 0.337 e. The first-order valence-electron chi connectivity index (χ1n) is 6.54. The molecule has 1 aliphatic heterocycles. The fourth-order valence-electron chi connectivity index (χ4n) is 2.52. The molecule has 0 aromatic heterocycles. The molecular formula is C15H16BrFN2O3. The van der Waals surface area contributed by atoms with Crippen LogP contribution >= 0.6 is 15.9 Å². The number of hydrogen-bond donors (Lipinski definition) is 0. The number of rotatable bonds is 2. The second kappa shape index (κ2) is 6.08. The lowest BCUT2D eigenvalue weighted by Crippen LogP contribution is -2.47. The Labute approximate surface area is 136 Å². The Kier molecular flexibility index (Phi) is 4.55. The summed E-state index contributed by atoms with van der Waals surface area (Å²) in [7, 11) is 4.34. The van der Waals surface area contributed by atoms with Crippen LogP contribution in [-0.2, 0) is 9.53 Å². The summed E-state index contributed by atoms with van der Waals surface area (Å²) in [5.74, 6) is -1.08. The van der Waals surface area contributed by atoms with Gasteiger partial charge in [0.15, 0.2) is 0 Å². The van der Waals surface area contributed by atoms with E-state index in [9.17, 15) is 14.0 Å². The molecule has 1 aliphatic rings. The quantitative estimate of drug-likeness (QED) is 0.751. The number of carbonyl (C=O) groups excluding carboxylic acids is 2. The highest BCUT2D eigenvalue weighted by atomic mass is 79.9. The van der Waals surface area contributed by atoms with Crippen LogP contribution in [0.1, 0.15) is 18.5 Å². The number of amides is 2. The van der Waals surface area contributed by atoms with Gasteiger partial charge in [-0.1, -0.05) is 15.9 Å². The van der Waals surface area contributed by atoms with Gasteiger partial charge in [0.25, 0.3) is 0 Å². The van der Waals surface area contributed by atoms with Gasteiger partial charge in [-0.3, -0.25) is 0 Å². The first-order chi connectivity index (χ1) is 10.3. The molecule has 1 aromatic rings. The highest BCUT2D eigenvalue weighted by Gasteiger charge is 2.40. The van der Waals surface area contributed by atoms with Crippen molar-refractivity contribution < 1.29 is 18.7 Å². The molecule has 0 saturated heterocycles. The molecule has 2 rings (SSSR count). The molecule has 1 heterocycles. The van der Waals surface area contributed by atoms with Gasteiger partial charge in [-0.15, -0.1) is 0 Å². The van der Waals surface area contributed by atoms with Crippen LogP contribution in [0.2, 0.25) is 0 Å². The Morgan fingerprint density at radius 1 is 1.36 bits per heavy atom. The zero-order valence-corrected chi connectivity index (χ0v) is 14.3. The third kappa shape index (κ3) is 2.61. The predicted molar refractivity (Wildman–Crippen MR) is 82.5 cm³/mol. The van der Waals surface area contributed by atoms with Gasteiger partial charge in [0, 0.05) is 29.8 Å². The predicted octanol–water partition coefficient (Wildman–Crippen LogP) is 3.07. The van der Waals surface area contributed by atoms with Crippen molar-refractivity contribution in [1.29, 1.82) is 0 Å². The SMILES string of the molecule is COC(=O)C1=C(C)N(C)C(=O)N(C)[C@H]1c1cc(Br)ccc1F. The summed E-state index contributed by atoms with van der Waals surface area (Å²) >= 11 is 3.29. The number of likely N-dealkylation sites (N-methyl/N-ethyl adjacent to an activating group) is 1. The maximum atomic E-state index is 14.3. The molecule has 0 saturated carbocycles. The van der Waals surface area contributed by atoms with Crippen LogP contribution in [0.4, 0.5) is 9.18 Å². The summed E-state index contributed by atoms with van der Waals surface area (Å²) in [6, 6.07) is 3.25. The number of allylic oxidation sites excluding steroid dienone is 1. The number of urea groups is 1. The number of nitrogens with zero attached hydrogens (tertiary/aromatic N) is 2. The highest BCUT2D eigenvalue weighted by Crippen LogP contribution is 2.38. The number of benzene rings is 1. The van der Waals surface area contributed by atoms with E-state index in [1.54, 1.807) is 26.1 Å². The van der Waals surface area contributed by atoms with Crippen LogP contribution in [0, 0.1) is 5.82 Å². The van der Waals surface area contributed by atoms with Gasteiger partial charge in [0.05, 0.1) is 18.7 Å². The number of esters is 1. The third-order valence-electron chi connectivity index (χ3n) is 3.80. The smallest absolute Gasteiger partial charge is 0.337 e. The van der Waals surface area contributed by atoms with Crippen LogP contribution in [0.15, 0.2) is 33.9 Å². The van der Waals surface area contributed by atoms with Crippen LogP contribution < -0.4 is 0 Å². The fourth-order valence-corrected chi connectivity index (χ4v) is 2.90. The monoisotopic (exact) mass is 370 g/mol. The van der Waals surface area contributed by atoms with E-state index in [2.05, 4.69) is 15.9 Å². The van der Waals surface area contributed by atoms with Crippen molar-refractivity contribution >= 4 is 27.9 Å². The summed E-state index contributed by atoms with van der Waals surface area (Å²) in [5, 5.41) is 0. The lowest BCUT2D eigenvalue weighted by molar-refractivity contribution is -0.137. The Hall–Kier alpha value is -1.89. The van der Waals surface area contributed by atoms with E-state index in [4.69, 9.17) is 4.74 Å². The van der Waals surface area contributed by atoms with Crippen molar-refractivity contribution in [3.63, 3.8) is 0 Å². The molecule has 2 amide bonds. The van der Waals surface area contributed by atoms with Gasteiger partial charge in [-0.05, 0) is 25.1 Å². The lowest BCUT2D eigenvalue weighted by Gasteiger charge is -2.39. The molecule has 0 spiro atoms. The number of ether oxygens (including phenoxy) is 1. The van der Waals surface area contributed by atoms with Crippen LogP contribution in [0.25, 0.3) is 0 Å². The minimum atomic E-state index is -0.839. The van der Waals surface area contributed by atoms with E-state index in [1.165, 1.54) is 30.0 Å². The zero-order chi connectivity index (χ0) is 16.6. The van der Waals surface area contributed by atoms with Crippen molar-refractivity contribution in [1.82, 2.24) is 9.80 Å². The molecule has 5 nitrogen and oxygen atoms in total. The molecule has 118 valence electrons. The molecule has 0 fully saturated rings. The average molecular weight is 371 g/mol. The van der Waals surface area contributed by atoms with Crippen molar-refractivity contribution in [3.05, 3.63) is 45.3 Å². The number of methoxy groups -OCH3 is 1. The number of carbonyl (C=O) groups is 2. The number of hydrogen-bond acceptors (Lipinski definition) is 3. The summed E-state index contributed by atoms with van der Waals surface area (Å²) in [6.45, 7) is 1.64. The van der Waals surface area contributed by atoms with Gasteiger partial charge in [-0.2, -0.15) is 0 Å². The van der Waals surface area contributed by atoms with E-state index in [0.29, 0.717) is 10.2 Å². The Morgan fingerprint density at radius 2 is 2.00 bits per heavy atom. The largest absolute Gasteiger partial charge is 0.466 e. The van der Waals surface area contributed by atoms with Gasteiger partial charge in [0.2, 0.25) is 0 Å². The van der Waals surface area contributed by atoms with Crippen LogP contribution in [-0.4, -0.2) is 43.0 Å². The van der Waals surface area contributed by atoms with Crippen molar-refractivity contribution in [3.8, 4) is 0 Å². The lowest BCUT2D eigenvalue weighted by atomic mass is 9.93. The maximum absolute atomic E-state index is 14.3. The van der Waals surface area contributed by atoms with Crippen molar-refractivity contribution in [2.45, 2.75) is 13.0 Å². The summed E-state index contributed by atoms with van der Waals surface area (Å²) in [6.07, 6.45) is 0. The van der Waals surface area contributed by atoms with E-state index < -0.39 is 17.8 Å². The van der Waals surface area contributed by atoms with Crippen molar-refractivity contribution in [2.24, 2.45) is 0 Å².